The molecule has 2 aromatic carbocycles. The predicted octanol–water partition coefficient (Wildman–Crippen LogP) is 4.49. The largest absolute Gasteiger partial charge is 0.497 e. The third-order valence-electron chi connectivity index (χ3n) is 3.97. The Hall–Kier alpha value is -2.43. The molecule has 6 nitrogen and oxygen atoms in total. The lowest BCUT2D eigenvalue weighted by Gasteiger charge is -2.23. The lowest BCUT2D eigenvalue weighted by Crippen LogP contribution is -2.31. The summed E-state index contributed by atoms with van der Waals surface area (Å²) in [4.78, 5) is 3.13. The summed E-state index contributed by atoms with van der Waals surface area (Å²) in [5.41, 5.74) is 0.468. The summed E-state index contributed by atoms with van der Waals surface area (Å²) >= 11 is 6.79. The maximum Gasteiger partial charge on any atom is 0.269 e. The van der Waals surface area contributed by atoms with E-state index in [0.29, 0.717) is 23.1 Å². The lowest BCUT2D eigenvalue weighted by atomic mass is 10.2. The number of nitrogens with zero attached hydrogens (tertiary/aromatic N) is 2. The van der Waals surface area contributed by atoms with Crippen molar-refractivity contribution in [2.45, 2.75) is 11.4 Å². The number of methoxy groups -OCH3 is 2. The molecule has 1 heterocycles. The van der Waals surface area contributed by atoms with Crippen molar-refractivity contribution >= 4 is 38.1 Å². The Morgan fingerprint density at radius 1 is 1.17 bits per heavy atom. The molecule has 0 aliphatic heterocycles. The van der Waals surface area contributed by atoms with Crippen LogP contribution in [0.4, 0.5) is 13.9 Å². The molecule has 0 radical (unpaired) electrons. The van der Waals surface area contributed by atoms with E-state index in [2.05, 4.69) is 4.98 Å². The monoisotopic (exact) mass is 460 g/mol. The van der Waals surface area contributed by atoms with Crippen molar-refractivity contribution in [1.82, 2.24) is 4.98 Å². The number of rotatable bonds is 7. The molecule has 3 aromatic rings. The Bertz CT molecular complexity index is 1130. The topological polar surface area (TPSA) is 68.7 Å². The molecule has 0 spiro atoms. The van der Waals surface area contributed by atoms with Crippen LogP contribution in [0.15, 0.2) is 46.8 Å². The van der Waals surface area contributed by atoms with Crippen molar-refractivity contribution in [3.8, 4) is 11.5 Å². The maximum absolute atomic E-state index is 14.4. The zero-order valence-electron chi connectivity index (χ0n) is 15.2. The van der Waals surface area contributed by atoms with Crippen molar-refractivity contribution in [3.05, 3.63) is 64.1 Å². The highest BCUT2D eigenvalue weighted by atomic mass is 35.5. The summed E-state index contributed by atoms with van der Waals surface area (Å²) in [6.45, 7) is -0.239. The summed E-state index contributed by atoms with van der Waals surface area (Å²) in [6, 6.07) is 6.39. The normalized spacial score (nSPS) is 11.3. The van der Waals surface area contributed by atoms with E-state index >= 15 is 0 Å². The van der Waals surface area contributed by atoms with Crippen LogP contribution in [-0.4, -0.2) is 27.6 Å². The summed E-state index contributed by atoms with van der Waals surface area (Å²) < 4.78 is 66.0. The third kappa shape index (κ3) is 4.29. The molecule has 0 saturated heterocycles. The Balaban J connectivity index is 2.13. The predicted molar refractivity (Wildman–Crippen MR) is 106 cm³/mol. The fourth-order valence-electron chi connectivity index (χ4n) is 2.57. The molecular formula is C18H15ClF2N2O4S2. The molecule has 154 valence electrons. The smallest absolute Gasteiger partial charge is 0.269 e. The second-order valence-electron chi connectivity index (χ2n) is 5.70. The SMILES string of the molecule is COc1ccc(CN(c2nccs2)S(=O)(=O)c2cc(Cl)cc(F)c2F)c(OC)c1. The number of sulfonamides is 1. The molecule has 0 aliphatic carbocycles. The molecule has 3 rings (SSSR count). The highest BCUT2D eigenvalue weighted by Crippen LogP contribution is 2.33. The van der Waals surface area contributed by atoms with Gasteiger partial charge in [-0.05, 0) is 24.3 Å². The van der Waals surface area contributed by atoms with Crippen LogP contribution in [0.3, 0.4) is 0 Å². The molecule has 0 saturated carbocycles. The van der Waals surface area contributed by atoms with Crippen molar-refractivity contribution < 1.29 is 26.7 Å². The van der Waals surface area contributed by atoms with Gasteiger partial charge in [0.15, 0.2) is 16.8 Å². The first-order valence-electron chi connectivity index (χ1n) is 8.05. The molecule has 1 aromatic heterocycles. The molecule has 0 unspecified atom stereocenters. The van der Waals surface area contributed by atoms with Crippen molar-refractivity contribution in [1.29, 1.82) is 0 Å². The summed E-state index contributed by atoms with van der Waals surface area (Å²) in [5, 5.41) is 1.39. The van der Waals surface area contributed by atoms with Crippen LogP contribution in [-0.2, 0) is 16.6 Å². The Morgan fingerprint density at radius 3 is 2.55 bits per heavy atom. The molecule has 0 atom stereocenters. The van der Waals surface area contributed by atoms with Gasteiger partial charge in [0.25, 0.3) is 10.0 Å². The van der Waals surface area contributed by atoms with Crippen LogP contribution < -0.4 is 13.8 Å². The van der Waals surface area contributed by atoms with Gasteiger partial charge in [-0.15, -0.1) is 11.3 Å². The van der Waals surface area contributed by atoms with Crippen LogP contribution in [0.25, 0.3) is 0 Å². The van der Waals surface area contributed by atoms with Gasteiger partial charge in [-0.3, -0.25) is 0 Å². The van der Waals surface area contributed by atoms with Crippen molar-refractivity contribution in [2.75, 3.05) is 18.5 Å². The number of thiazole rings is 1. The van der Waals surface area contributed by atoms with E-state index in [-0.39, 0.29) is 16.7 Å². The molecule has 0 aliphatic rings. The van der Waals surface area contributed by atoms with Crippen molar-refractivity contribution in [2.24, 2.45) is 0 Å². The Morgan fingerprint density at radius 2 is 1.93 bits per heavy atom. The van der Waals surface area contributed by atoms with E-state index in [4.69, 9.17) is 21.1 Å². The fourth-order valence-corrected chi connectivity index (χ4v) is 5.21. The van der Waals surface area contributed by atoms with Gasteiger partial charge in [-0.1, -0.05) is 11.6 Å². The summed E-state index contributed by atoms with van der Waals surface area (Å²) in [6.07, 6.45) is 1.41. The van der Waals surface area contributed by atoms with Crippen molar-refractivity contribution in [3.63, 3.8) is 0 Å². The van der Waals surface area contributed by atoms with Crippen LogP contribution >= 0.6 is 22.9 Å². The molecular weight excluding hydrogens is 446 g/mol. The fraction of sp³-hybridized carbons (Fsp3) is 0.167. The summed E-state index contributed by atoms with van der Waals surface area (Å²) in [7, 11) is -1.64. The van der Waals surface area contributed by atoms with Gasteiger partial charge >= 0.3 is 0 Å². The van der Waals surface area contributed by atoms with Gasteiger partial charge in [0.2, 0.25) is 0 Å². The van der Waals surface area contributed by atoms with Crippen LogP contribution in [0.1, 0.15) is 5.56 Å². The average molecular weight is 461 g/mol. The second-order valence-corrected chi connectivity index (χ2v) is 8.84. The van der Waals surface area contributed by atoms with E-state index in [1.165, 1.54) is 20.4 Å². The third-order valence-corrected chi connectivity index (χ3v) is 6.83. The van der Waals surface area contributed by atoms with E-state index in [9.17, 15) is 17.2 Å². The molecule has 29 heavy (non-hydrogen) atoms. The van der Waals surface area contributed by atoms with Gasteiger partial charge in [0.05, 0.1) is 20.8 Å². The van der Waals surface area contributed by atoms with Gasteiger partial charge in [-0.2, -0.15) is 0 Å². The zero-order chi connectivity index (χ0) is 21.2. The first-order valence-corrected chi connectivity index (χ1v) is 10.8. The van der Waals surface area contributed by atoms with Crippen LogP contribution in [0, 0.1) is 11.6 Å². The average Bonchev–Trinajstić information content (AvgIpc) is 3.22. The number of aromatic nitrogens is 1. The zero-order valence-corrected chi connectivity index (χ0v) is 17.6. The molecule has 11 heteroatoms. The van der Waals surface area contributed by atoms with E-state index in [1.54, 1.807) is 23.6 Å². The minimum absolute atomic E-state index is 0.0719. The molecule has 0 amide bonds. The van der Waals surface area contributed by atoms with Gasteiger partial charge < -0.3 is 9.47 Å². The van der Waals surface area contributed by atoms with Crippen LogP contribution in [0.5, 0.6) is 11.5 Å². The number of benzene rings is 2. The second kappa shape index (κ2) is 8.52. The minimum Gasteiger partial charge on any atom is -0.497 e. The van der Waals surface area contributed by atoms with E-state index in [1.807, 2.05) is 0 Å². The minimum atomic E-state index is -4.54. The molecule has 0 fully saturated rings. The molecule has 0 bridgehead atoms. The number of hydrogen-bond donors (Lipinski definition) is 0. The standard InChI is InChI=1S/C18H15ClF2N2O4S2/c1-26-13-4-3-11(15(9-13)27-2)10-23(18-22-5-6-28-18)29(24,25)16-8-12(19)7-14(20)17(16)21/h3-9H,10H2,1-2H3. The maximum atomic E-state index is 14.4. The molecule has 0 N–H and O–H groups in total. The van der Waals surface area contributed by atoms with Gasteiger partial charge in [-0.25, -0.2) is 26.5 Å². The van der Waals surface area contributed by atoms with Crippen LogP contribution in [0.2, 0.25) is 5.02 Å². The number of ether oxygens (including phenoxy) is 2. The van der Waals surface area contributed by atoms with Gasteiger partial charge in [0.1, 0.15) is 16.4 Å². The Labute approximate surface area is 175 Å². The number of anilines is 1. The first kappa shape index (κ1) is 21.3. The number of halogens is 3. The van der Waals surface area contributed by atoms with Gasteiger partial charge in [0, 0.05) is 28.2 Å². The lowest BCUT2D eigenvalue weighted by molar-refractivity contribution is 0.391. The Kier molecular flexibility index (Phi) is 6.25. The highest BCUT2D eigenvalue weighted by Gasteiger charge is 2.32. The summed E-state index contributed by atoms with van der Waals surface area (Å²) in [5.74, 6) is -2.01. The highest BCUT2D eigenvalue weighted by molar-refractivity contribution is 7.93. The van der Waals surface area contributed by atoms with E-state index < -0.39 is 26.6 Å². The van der Waals surface area contributed by atoms with E-state index in [0.717, 1.165) is 21.7 Å². The first-order chi connectivity index (χ1) is 13.8. The quantitative estimate of drug-likeness (QED) is 0.486. The number of hydrogen-bond acceptors (Lipinski definition) is 6.